The lowest BCUT2D eigenvalue weighted by molar-refractivity contribution is 0.244. The zero-order valence-corrected chi connectivity index (χ0v) is 9.50. The number of rotatable bonds is 3. The van der Waals surface area contributed by atoms with Crippen LogP contribution in [0.25, 0.3) is 6.08 Å². The van der Waals surface area contributed by atoms with Crippen LogP contribution in [0.1, 0.15) is 18.4 Å². The Kier molecular flexibility index (Phi) is 3.47. The van der Waals surface area contributed by atoms with Gasteiger partial charge in [-0.15, -0.1) is 0 Å². The zero-order chi connectivity index (χ0) is 11.4. The molecule has 1 aliphatic rings. The summed E-state index contributed by atoms with van der Waals surface area (Å²) in [6.45, 7) is 0. The van der Waals surface area contributed by atoms with Crippen molar-refractivity contribution >= 4 is 23.7 Å². The van der Waals surface area contributed by atoms with Gasteiger partial charge in [0.05, 0.1) is 0 Å². The first kappa shape index (κ1) is 11.0. The second kappa shape index (κ2) is 5.03. The van der Waals surface area contributed by atoms with Crippen molar-refractivity contribution in [2.75, 3.05) is 0 Å². The molecular formula is C12H13ClN2O. The number of urea groups is 1. The molecule has 3 nitrogen and oxygen atoms in total. The molecule has 84 valence electrons. The normalized spacial score (nSPS) is 15.1. The second-order valence-electron chi connectivity index (χ2n) is 3.75. The van der Waals surface area contributed by atoms with Crippen LogP contribution in [0, 0.1) is 0 Å². The van der Waals surface area contributed by atoms with Crippen molar-refractivity contribution in [3.05, 3.63) is 41.1 Å². The van der Waals surface area contributed by atoms with Gasteiger partial charge in [0, 0.05) is 17.3 Å². The number of amides is 2. The Bertz CT molecular complexity index is 413. The fraction of sp³-hybridized carbons (Fsp3) is 0.250. The maximum atomic E-state index is 11.3. The Morgan fingerprint density at radius 3 is 2.81 bits per heavy atom. The first-order valence-corrected chi connectivity index (χ1v) is 5.61. The number of benzene rings is 1. The quantitative estimate of drug-likeness (QED) is 0.833. The minimum absolute atomic E-state index is 0.161. The summed E-state index contributed by atoms with van der Waals surface area (Å²) < 4.78 is 0. The van der Waals surface area contributed by atoms with Gasteiger partial charge in [0.2, 0.25) is 0 Å². The lowest BCUT2D eigenvalue weighted by atomic mass is 10.2. The molecule has 1 fully saturated rings. The van der Waals surface area contributed by atoms with E-state index in [1.54, 1.807) is 12.3 Å². The van der Waals surface area contributed by atoms with Gasteiger partial charge in [0.15, 0.2) is 0 Å². The number of hydrogen-bond donors (Lipinski definition) is 2. The van der Waals surface area contributed by atoms with Crippen LogP contribution in [0.2, 0.25) is 5.02 Å². The second-order valence-corrected chi connectivity index (χ2v) is 4.15. The average molecular weight is 237 g/mol. The molecule has 2 N–H and O–H groups in total. The highest BCUT2D eigenvalue weighted by Crippen LogP contribution is 2.18. The Morgan fingerprint density at radius 1 is 1.38 bits per heavy atom. The van der Waals surface area contributed by atoms with Gasteiger partial charge in [-0.3, -0.25) is 0 Å². The van der Waals surface area contributed by atoms with Crippen molar-refractivity contribution < 1.29 is 4.79 Å². The summed E-state index contributed by atoms with van der Waals surface area (Å²) >= 11 is 5.95. The van der Waals surface area contributed by atoms with E-state index in [1.165, 1.54) is 0 Å². The predicted octanol–water partition coefficient (Wildman–Crippen LogP) is 2.77. The summed E-state index contributed by atoms with van der Waals surface area (Å²) in [5, 5.41) is 6.13. The number of carbonyl (C=O) groups excluding carboxylic acids is 1. The van der Waals surface area contributed by atoms with E-state index in [9.17, 15) is 4.79 Å². The maximum absolute atomic E-state index is 11.3. The highest BCUT2D eigenvalue weighted by molar-refractivity contribution is 6.32. The third kappa shape index (κ3) is 3.28. The summed E-state index contributed by atoms with van der Waals surface area (Å²) in [5.41, 5.74) is 0.885. The highest BCUT2D eigenvalue weighted by atomic mass is 35.5. The van der Waals surface area contributed by atoms with Crippen molar-refractivity contribution in [3.8, 4) is 0 Å². The third-order valence-electron chi connectivity index (χ3n) is 2.30. The van der Waals surface area contributed by atoms with Gasteiger partial charge in [-0.05, 0) is 30.5 Å². The van der Waals surface area contributed by atoms with Gasteiger partial charge in [-0.25, -0.2) is 4.79 Å². The average Bonchev–Trinajstić information content (AvgIpc) is 3.05. The van der Waals surface area contributed by atoms with Crippen LogP contribution < -0.4 is 10.6 Å². The number of halogens is 1. The molecule has 1 aliphatic carbocycles. The third-order valence-corrected chi connectivity index (χ3v) is 2.64. The van der Waals surface area contributed by atoms with Crippen molar-refractivity contribution in [3.63, 3.8) is 0 Å². The molecule has 2 amide bonds. The van der Waals surface area contributed by atoms with Crippen molar-refractivity contribution in [2.24, 2.45) is 0 Å². The monoisotopic (exact) mass is 236 g/mol. The van der Waals surface area contributed by atoms with Gasteiger partial charge in [-0.2, -0.15) is 0 Å². The molecule has 0 saturated heterocycles. The Balaban J connectivity index is 1.84. The lowest BCUT2D eigenvalue weighted by Gasteiger charge is -2.01. The van der Waals surface area contributed by atoms with E-state index in [-0.39, 0.29) is 6.03 Å². The van der Waals surface area contributed by atoms with E-state index >= 15 is 0 Å². The largest absolute Gasteiger partial charge is 0.335 e. The standard InChI is InChI=1S/C12H13ClN2O/c13-11-4-2-1-3-9(11)7-8-14-12(16)15-10-5-6-10/h1-4,7-8,10H,5-6H2,(H2,14,15,16)/b8-7+. The van der Waals surface area contributed by atoms with Crippen molar-refractivity contribution in [1.29, 1.82) is 0 Å². The maximum Gasteiger partial charge on any atom is 0.318 e. The topological polar surface area (TPSA) is 41.1 Å². The zero-order valence-electron chi connectivity index (χ0n) is 8.74. The Labute approximate surface area is 99.5 Å². The van der Waals surface area contributed by atoms with Gasteiger partial charge >= 0.3 is 6.03 Å². The van der Waals surface area contributed by atoms with Crippen molar-refractivity contribution in [1.82, 2.24) is 10.6 Å². The van der Waals surface area contributed by atoms with Crippen LogP contribution in [0.3, 0.4) is 0 Å². The van der Waals surface area contributed by atoms with Crippen LogP contribution in [0.15, 0.2) is 30.5 Å². The molecule has 0 unspecified atom stereocenters. The van der Waals surface area contributed by atoms with Gasteiger partial charge in [0.1, 0.15) is 0 Å². The lowest BCUT2D eigenvalue weighted by Crippen LogP contribution is -2.33. The molecular weight excluding hydrogens is 224 g/mol. The van der Waals surface area contributed by atoms with E-state index in [0.29, 0.717) is 11.1 Å². The molecule has 0 spiro atoms. The number of nitrogens with one attached hydrogen (secondary N) is 2. The molecule has 16 heavy (non-hydrogen) atoms. The van der Waals surface area contributed by atoms with Crippen LogP contribution in [0.4, 0.5) is 4.79 Å². The molecule has 1 aromatic carbocycles. The van der Waals surface area contributed by atoms with E-state index in [4.69, 9.17) is 11.6 Å². The van der Waals surface area contributed by atoms with Crippen LogP contribution in [-0.2, 0) is 0 Å². The molecule has 0 aromatic heterocycles. The fourth-order valence-electron chi connectivity index (χ4n) is 1.27. The summed E-state index contributed by atoms with van der Waals surface area (Å²) in [5.74, 6) is 0. The van der Waals surface area contributed by atoms with E-state index in [2.05, 4.69) is 10.6 Å². The number of hydrogen-bond acceptors (Lipinski definition) is 1. The summed E-state index contributed by atoms with van der Waals surface area (Å²) in [4.78, 5) is 11.3. The first-order chi connectivity index (χ1) is 7.75. The number of carbonyl (C=O) groups is 1. The van der Waals surface area contributed by atoms with Crippen molar-refractivity contribution in [2.45, 2.75) is 18.9 Å². The fourth-order valence-corrected chi connectivity index (χ4v) is 1.47. The van der Waals surface area contributed by atoms with Crippen LogP contribution in [0.5, 0.6) is 0 Å². The molecule has 0 atom stereocenters. The van der Waals surface area contributed by atoms with E-state index in [0.717, 1.165) is 18.4 Å². The Morgan fingerprint density at radius 2 is 2.12 bits per heavy atom. The smallest absolute Gasteiger partial charge is 0.318 e. The first-order valence-electron chi connectivity index (χ1n) is 5.24. The summed E-state index contributed by atoms with van der Waals surface area (Å²) in [6.07, 6.45) is 5.54. The Hall–Kier alpha value is -1.48. The van der Waals surface area contributed by atoms with E-state index < -0.39 is 0 Å². The summed E-state index contributed by atoms with van der Waals surface area (Å²) in [7, 11) is 0. The molecule has 1 saturated carbocycles. The van der Waals surface area contributed by atoms with Crippen LogP contribution >= 0.6 is 11.6 Å². The minimum Gasteiger partial charge on any atom is -0.335 e. The molecule has 0 bridgehead atoms. The molecule has 0 aliphatic heterocycles. The predicted molar refractivity (Wildman–Crippen MR) is 65.2 cm³/mol. The molecule has 4 heteroatoms. The molecule has 1 aromatic rings. The van der Waals surface area contributed by atoms with Crippen LogP contribution in [-0.4, -0.2) is 12.1 Å². The summed E-state index contributed by atoms with van der Waals surface area (Å²) in [6, 6.07) is 7.67. The van der Waals surface area contributed by atoms with Gasteiger partial charge < -0.3 is 10.6 Å². The van der Waals surface area contributed by atoms with Gasteiger partial charge in [-0.1, -0.05) is 29.8 Å². The minimum atomic E-state index is -0.161. The molecule has 0 heterocycles. The highest BCUT2D eigenvalue weighted by Gasteiger charge is 2.22. The molecule has 0 radical (unpaired) electrons. The van der Waals surface area contributed by atoms with Gasteiger partial charge in [0.25, 0.3) is 0 Å². The SMILES string of the molecule is O=C(N/C=C/c1ccccc1Cl)NC1CC1. The molecule has 2 rings (SSSR count). The van der Waals surface area contributed by atoms with E-state index in [1.807, 2.05) is 24.3 Å².